The van der Waals surface area contributed by atoms with E-state index in [1.165, 1.54) is 96.3 Å². The number of ether oxygens (including phenoxy) is 2. The Hall–Kier alpha value is -2.03. The predicted molar refractivity (Wildman–Crippen MR) is 211 cm³/mol. The molecule has 1 saturated carbocycles. The summed E-state index contributed by atoms with van der Waals surface area (Å²) < 4.78 is 10.3. The highest BCUT2D eigenvalue weighted by molar-refractivity contribution is 5.86. The normalized spacial score (nSPS) is 18.8. The van der Waals surface area contributed by atoms with Gasteiger partial charge in [0.2, 0.25) is 0 Å². The molecule has 302 valence electrons. The summed E-state index contributed by atoms with van der Waals surface area (Å²) in [5.41, 5.74) is 0. The lowest BCUT2D eigenvalue weighted by molar-refractivity contribution is -0.152. The van der Waals surface area contributed by atoms with Crippen molar-refractivity contribution in [1.82, 2.24) is 0 Å². The minimum absolute atomic E-state index is 0.00310. The second-order valence-corrected chi connectivity index (χ2v) is 15.3. The number of unbranched alkanes of at least 4 members (excludes halogenated alkanes) is 20. The van der Waals surface area contributed by atoms with Crippen molar-refractivity contribution >= 4 is 17.7 Å². The maximum Gasteiger partial charge on any atom is 0.305 e. The molecule has 8 heteroatoms. The summed E-state index contributed by atoms with van der Waals surface area (Å²) in [6, 6.07) is 0. The number of hydrogen-bond donors (Lipinski definition) is 3. The van der Waals surface area contributed by atoms with Crippen molar-refractivity contribution in [2.45, 2.75) is 212 Å². The zero-order valence-corrected chi connectivity index (χ0v) is 33.3. The van der Waals surface area contributed by atoms with E-state index in [1.54, 1.807) is 12.2 Å². The van der Waals surface area contributed by atoms with Crippen molar-refractivity contribution in [3.63, 3.8) is 0 Å². The monoisotopic (exact) mass is 735 g/mol. The second-order valence-electron chi connectivity index (χ2n) is 15.3. The molecule has 5 atom stereocenters. The Balaban J connectivity index is 1.99. The lowest BCUT2D eigenvalue weighted by Gasteiger charge is -2.17. The Labute approximate surface area is 317 Å². The SMILES string of the molecule is CCCCCCCCCCCCCCCCCCCCC(=O)OC[C@H](O)COC(=O)CCC/C=C\C[C@H]1[C@@H](O)CC(=O)[C@@H]1/C=C/[C@@H](O)CCCCC. The summed E-state index contributed by atoms with van der Waals surface area (Å²) in [7, 11) is 0. The number of carbonyl (C=O) groups excluding carboxylic acids is 3. The van der Waals surface area contributed by atoms with Crippen molar-refractivity contribution in [2.24, 2.45) is 11.8 Å². The first-order valence-corrected chi connectivity index (χ1v) is 21.5. The average molecular weight is 735 g/mol. The largest absolute Gasteiger partial charge is 0.463 e. The molecular weight excluding hydrogens is 656 g/mol. The lowest BCUT2D eigenvalue weighted by Crippen LogP contribution is -2.25. The standard InChI is InChI=1S/C44H78O8/c1-3-5-7-8-9-10-11-12-13-14-15-16-17-18-19-20-21-26-30-43(49)51-35-38(46)36-52-44(50)31-27-23-22-25-29-39-40(42(48)34-41(39)47)33-32-37(45)28-24-6-4-2/h22,25,32-33,37-41,45-47H,3-21,23-24,26-31,34-36H2,1-2H3/b25-22-,33-32+/t37-,38-,39+,40+,41-/m0/s1. The Morgan fingerprint density at radius 3 is 1.65 bits per heavy atom. The number of hydrogen-bond acceptors (Lipinski definition) is 8. The van der Waals surface area contributed by atoms with Gasteiger partial charge in [-0.05, 0) is 32.1 Å². The fourth-order valence-electron chi connectivity index (χ4n) is 6.95. The Morgan fingerprint density at radius 2 is 1.13 bits per heavy atom. The maximum atomic E-state index is 12.4. The van der Waals surface area contributed by atoms with Gasteiger partial charge in [0.1, 0.15) is 25.1 Å². The van der Waals surface area contributed by atoms with E-state index in [-0.39, 0.29) is 43.7 Å². The van der Waals surface area contributed by atoms with Gasteiger partial charge in [-0.1, -0.05) is 167 Å². The van der Waals surface area contributed by atoms with Gasteiger partial charge in [0, 0.05) is 31.1 Å². The smallest absolute Gasteiger partial charge is 0.305 e. The molecular formula is C44H78O8. The third-order valence-electron chi connectivity index (χ3n) is 10.3. The third kappa shape index (κ3) is 26.7. The van der Waals surface area contributed by atoms with Gasteiger partial charge in [-0.2, -0.15) is 0 Å². The predicted octanol–water partition coefficient (Wildman–Crippen LogP) is 10.0. The molecule has 0 amide bonds. The zero-order valence-electron chi connectivity index (χ0n) is 33.3. The van der Waals surface area contributed by atoms with Crippen LogP contribution >= 0.6 is 0 Å². The van der Waals surface area contributed by atoms with Gasteiger partial charge in [0.15, 0.2) is 0 Å². The summed E-state index contributed by atoms with van der Waals surface area (Å²) in [6.07, 6.45) is 34.6. The van der Waals surface area contributed by atoms with E-state index in [0.717, 1.165) is 38.5 Å². The molecule has 0 radical (unpaired) electrons. The molecule has 0 spiro atoms. The Kier molecular flexibility index (Phi) is 30.9. The minimum Gasteiger partial charge on any atom is -0.463 e. The van der Waals surface area contributed by atoms with Crippen LogP contribution in [0.2, 0.25) is 0 Å². The van der Waals surface area contributed by atoms with Crippen molar-refractivity contribution in [3.05, 3.63) is 24.3 Å². The van der Waals surface area contributed by atoms with Crippen molar-refractivity contribution in [3.8, 4) is 0 Å². The molecule has 0 aromatic rings. The van der Waals surface area contributed by atoms with Crippen molar-refractivity contribution in [1.29, 1.82) is 0 Å². The fourth-order valence-corrected chi connectivity index (χ4v) is 6.95. The molecule has 1 fully saturated rings. The molecule has 1 aliphatic carbocycles. The lowest BCUT2D eigenvalue weighted by atomic mass is 9.90. The van der Waals surface area contributed by atoms with Crippen LogP contribution in [-0.2, 0) is 23.9 Å². The van der Waals surface area contributed by atoms with Crippen LogP contribution < -0.4 is 0 Å². The van der Waals surface area contributed by atoms with E-state index in [9.17, 15) is 29.7 Å². The number of aliphatic hydroxyl groups excluding tert-OH is 3. The summed E-state index contributed by atoms with van der Waals surface area (Å²) in [5, 5.41) is 30.6. The Morgan fingerprint density at radius 1 is 0.673 bits per heavy atom. The van der Waals surface area contributed by atoms with E-state index < -0.39 is 30.2 Å². The fraction of sp³-hybridized carbons (Fsp3) is 0.841. The van der Waals surface area contributed by atoms with Crippen LogP contribution in [-0.4, -0.2) is 64.6 Å². The van der Waals surface area contributed by atoms with Gasteiger partial charge in [-0.25, -0.2) is 0 Å². The van der Waals surface area contributed by atoms with E-state index in [0.29, 0.717) is 32.1 Å². The second kappa shape index (κ2) is 33.5. The molecule has 3 N–H and O–H groups in total. The summed E-state index contributed by atoms with van der Waals surface area (Å²) in [6.45, 7) is 3.99. The van der Waals surface area contributed by atoms with E-state index in [4.69, 9.17) is 9.47 Å². The number of rotatable bonds is 35. The van der Waals surface area contributed by atoms with Gasteiger partial charge < -0.3 is 24.8 Å². The van der Waals surface area contributed by atoms with Crippen LogP contribution in [0, 0.1) is 11.8 Å². The van der Waals surface area contributed by atoms with Crippen LogP contribution in [0.25, 0.3) is 0 Å². The van der Waals surface area contributed by atoms with Gasteiger partial charge in [-0.3, -0.25) is 14.4 Å². The highest BCUT2D eigenvalue weighted by Crippen LogP contribution is 2.33. The van der Waals surface area contributed by atoms with Gasteiger partial charge in [0.05, 0.1) is 12.2 Å². The molecule has 8 nitrogen and oxygen atoms in total. The number of esters is 2. The summed E-state index contributed by atoms with van der Waals surface area (Å²) in [4.78, 5) is 36.5. The van der Waals surface area contributed by atoms with Crippen LogP contribution in [0.3, 0.4) is 0 Å². The first-order chi connectivity index (χ1) is 25.3. The quantitative estimate of drug-likeness (QED) is 0.0333. The molecule has 0 aromatic heterocycles. The van der Waals surface area contributed by atoms with Crippen molar-refractivity contribution in [2.75, 3.05) is 13.2 Å². The minimum atomic E-state index is -1.05. The van der Waals surface area contributed by atoms with Crippen LogP contribution in [0.15, 0.2) is 24.3 Å². The number of ketones is 1. The maximum absolute atomic E-state index is 12.4. The van der Waals surface area contributed by atoms with Crippen molar-refractivity contribution < 1.29 is 39.2 Å². The summed E-state index contributed by atoms with van der Waals surface area (Å²) >= 11 is 0. The number of allylic oxidation sites excluding steroid dienone is 3. The topological polar surface area (TPSA) is 130 Å². The van der Waals surface area contributed by atoms with Gasteiger partial charge >= 0.3 is 11.9 Å². The van der Waals surface area contributed by atoms with E-state index >= 15 is 0 Å². The molecule has 0 saturated heterocycles. The van der Waals surface area contributed by atoms with Gasteiger partial charge in [0.25, 0.3) is 0 Å². The van der Waals surface area contributed by atoms with E-state index in [2.05, 4.69) is 13.8 Å². The Bertz CT molecular complexity index is 947. The van der Waals surface area contributed by atoms with Gasteiger partial charge in [-0.15, -0.1) is 0 Å². The highest BCUT2D eigenvalue weighted by Gasteiger charge is 2.39. The summed E-state index contributed by atoms with van der Waals surface area (Å²) in [5.74, 6) is -1.35. The van der Waals surface area contributed by atoms with Crippen LogP contribution in [0.4, 0.5) is 0 Å². The average Bonchev–Trinajstić information content (AvgIpc) is 3.40. The molecule has 0 heterocycles. The molecule has 0 aliphatic heterocycles. The number of carbonyl (C=O) groups is 3. The number of aliphatic hydroxyl groups is 3. The molecule has 0 aromatic carbocycles. The molecule has 0 bridgehead atoms. The first kappa shape index (κ1) is 48.0. The third-order valence-corrected chi connectivity index (χ3v) is 10.3. The van der Waals surface area contributed by atoms with E-state index in [1.807, 2.05) is 12.2 Å². The molecule has 1 aliphatic rings. The van der Waals surface area contributed by atoms with Crippen LogP contribution in [0.5, 0.6) is 0 Å². The highest BCUT2D eigenvalue weighted by atomic mass is 16.6. The number of Topliss-reactive ketones (excluding diaryl/α,β-unsaturated/α-hetero) is 1. The van der Waals surface area contributed by atoms with Crippen LogP contribution in [0.1, 0.15) is 194 Å². The first-order valence-electron chi connectivity index (χ1n) is 21.5. The zero-order chi connectivity index (χ0) is 38.1. The molecule has 0 unspecified atom stereocenters. The molecule has 52 heavy (non-hydrogen) atoms. The molecule has 1 rings (SSSR count).